The molecule has 0 aliphatic heterocycles. The van der Waals surface area contributed by atoms with Gasteiger partial charge in [0.1, 0.15) is 12.4 Å². The number of phosphoric ester groups is 1. The first kappa shape index (κ1) is 56.1. The van der Waals surface area contributed by atoms with E-state index in [9.17, 15) is 34.1 Å². The molecule has 1 aliphatic carbocycles. The molecule has 60 heavy (non-hydrogen) atoms. The number of ether oxygens (including phenoxy) is 2. The van der Waals surface area contributed by atoms with Crippen molar-refractivity contribution in [2.24, 2.45) is 17.6 Å². The average molecular weight is 872 g/mol. The summed E-state index contributed by atoms with van der Waals surface area (Å²) >= 11 is 0. The van der Waals surface area contributed by atoms with Gasteiger partial charge in [0.15, 0.2) is 6.10 Å². The molecule has 13 heteroatoms. The molecule has 1 unspecified atom stereocenters. The molecule has 0 aromatic carbocycles. The van der Waals surface area contributed by atoms with Crippen molar-refractivity contribution in [1.82, 2.24) is 0 Å². The first-order valence-electron chi connectivity index (χ1n) is 23.9. The Hall–Kier alpha value is -1.92. The summed E-state index contributed by atoms with van der Waals surface area (Å²) in [5, 5.41) is 20.8. The van der Waals surface area contributed by atoms with E-state index in [1.165, 1.54) is 83.5 Å². The van der Waals surface area contributed by atoms with Crippen LogP contribution in [0, 0.1) is 11.8 Å². The van der Waals surface area contributed by atoms with Crippen LogP contribution in [0.2, 0.25) is 0 Å². The number of unbranched alkanes of at least 4 members (excludes halogenated alkanes) is 20. The molecule has 0 bridgehead atoms. The molecule has 1 rings (SSSR count). The lowest BCUT2D eigenvalue weighted by Gasteiger charge is -2.20. The summed E-state index contributed by atoms with van der Waals surface area (Å²) in [6, 6.07) is 0. The van der Waals surface area contributed by atoms with Gasteiger partial charge < -0.3 is 30.3 Å². The van der Waals surface area contributed by atoms with Gasteiger partial charge in [0.25, 0.3) is 0 Å². The predicted octanol–water partition coefficient (Wildman–Crippen LogP) is 10.5. The molecule has 1 saturated carbocycles. The minimum Gasteiger partial charge on any atom is -0.462 e. The third-order valence-electron chi connectivity index (χ3n) is 11.2. The topological polar surface area (TPSA) is 192 Å². The van der Waals surface area contributed by atoms with Crippen LogP contribution in [0.4, 0.5) is 0 Å². The van der Waals surface area contributed by atoms with Gasteiger partial charge in [-0.3, -0.25) is 23.4 Å². The Labute approximate surface area is 363 Å². The summed E-state index contributed by atoms with van der Waals surface area (Å²) in [5.41, 5.74) is 5.35. The molecule has 1 fully saturated rings. The van der Waals surface area contributed by atoms with Crippen molar-refractivity contribution >= 4 is 25.5 Å². The quantitative estimate of drug-likeness (QED) is 0.0197. The maximum absolute atomic E-state index is 12.7. The summed E-state index contributed by atoms with van der Waals surface area (Å²) in [6.07, 6.45) is 33.9. The van der Waals surface area contributed by atoms with E-state index >= 15 is 0 Å². The van der Waals surface area contributed by atoms with Crippen LogP contribution in [0.5, 0.6) is 0 Å². The van der Waals surface area contributed by atoms with Crippen molar-refractivity contribution < 1.29 is 52.6 Å². The number of aliphatic hydroxyl groups excluding tert-OH is 2. The van der Waals surface area contributed by atoms with Crippen molar-refractivity contribution in [2.45, 2.75) is 218 Å². The normalized spacial score (nSPS) is 19.0. The Bertz CT molecular complexity index is 1200. The largest absolute Gasteiger partial charge is 0.472 e. The van der Waals surface area contributed by atoms with Crippen LogP contribution < -0.4 is 5.73 Å². The number of ketones is 1. The van der Waals surface area contributed by atoms with Crippen molar-refractivity contribution in [3.8, 4) is 0 Å². The highest BCUT2D eigenvalue weighted by Crippen LogP contribution is 2.43. The standard InChI is InChI=1S/C47H86NO11P/c1-3-5-7-8-9-10-11-12-13-14-15-16-17-18-19-20-21-22-28-32-47(53)59-41(39-58-60(54,55)57-36-35-48)38-56-46(52)31-27-24-23-26-30-42-43(45(51)37-44(42)50)34-33-40(49)29-25-6-4-2/h12-13,33-34,40-44,49-50H,3-11,14-32,35-39,48H2,1-2H3,(H,54,55)/b13-12-,34-33+/t40-,41+,42+,43+,44-/m0/s1. The number of carbonyl (C=O) groups excluding carboxylic acids is 3. The first-order valence-corrected chi connectivity index (χ1v) is 25.4. The number of hydrogen-bond donors (Lipinski definition) is 4. The van der Waals surface area contributed by atoms with Crippen molar-refractivity contribution in [2.75, 3.05) is 26.4 Å². The average Bonchev–Trinajstić information content (AvgIpc) is 3.49. The Morgan fingerprint density at radius 3 is 1.88 bits per heavy atom. The maximum atomic E-state index is 12.7. The van der Waals surface area contributed by atoms with Gasteiger partial charge in [0.05, 0.1) is 25.4 Å². The maximum Gasteiger partial charge on any atom is 0.472 e. The Balaban J connectivity index is 2.31. The van der Waals surface area contributed by atoms with Gasteiger partial charge in [-0.15, -0.1) is 0 Å². The molecular formula is C47H86NO11P. The van der Waals surface area contributed by atoms with E-state index in [0.717, 1.165) is 57.8 Å². The monoisotopic (exact) mass is 872 g/mol. The molecule has 0 saturated heterocycles. The van der Waals surface area contributed by atoms with Gasteiger partial charge in [0, 0.05) is 31.7 Å². The third kappa shape index (κ3) is 31.0. The summed E-state index contributed by atoms with van der Waals surface area (Å²) in [6.45, 7) is 3.37. The lowest BCUT2D eigenvalue weighted by molar-refractivity contribution is -0.161. The zero-order valence-corrected chi connectivity index (χ0v) is 38.6. The van der Waals surface area contributed by atoms with Gasteiger partial charge >= 0.3 is 19.8 Å². The molecule has 350 valence electrons. The molecule has 0 aromatic heterocycles. The molecule has 6 atom stereocenters. The summed E-state index contributed by atoms with van der Waals surface area (Å²) in [5.74, 6) is -1.55. The van der Waals surface area contributed by atoms with Crippen LogP contribution in [0.25, 0.3) is 0 Å². The van der Waals surface area contributed by atoms with Crippen LogP contribution in [-0.2, 0) is 37.5 Å². The van der Waals surface area contributed by atoms with Gasteiger partial charge in [-0.25, -0.2) is 4.57 Å². The smallest absolute Gasteiger partial charge is 0.462 e. The first-order chi connectivity index (χ1) is 29.0. The Kier molecular flexibility index (Phi) is 35.2. The number of rotatable bonds is 41. The fraction of sp³-hybridized carbons (Fsp3) is 0.851. The van der Waals surface area contributed by atoms with Crippen LogP contribution in [-0.4, -0.2) is 77.5 Å². The summed E-state index contributed by atoms with van der Waals surface area (Å²) < 4.78 is 32.8. The number of allylic oxidation sites excluding steroid dienone is 3. The fourth-order valence-corrected chi connectivity index (χ4v) is 8.36. The number of nitrogens with two attached hydrogens (primary N) is 1. The molecule has 0 spiro atoms. The van der Waals surface area contributed by atoms with Crippen molar-refractivity contribution in [3.63, 3.8) is 0 Å². The zero-order chi connectivity index (χ0) is 44.1. The van der Waals surface area contributed by atoms with E-state index in [1.807, 2.05) is 0 Å². The zero-order valence-electron chi connectivity index (χ0n) is 37.7. The number of phosphoric acid groups is 1. The fourth-order valence-electron chi connectivity index (χ4n) is 7.59. The van der Waals surface area contributed by atoms with Gasteiger partial charge in [0.2, 0.25) is 0 Å². The van der Waals surface area contributed by atoms with Crippen LogP contribution >= 0.6 is 7.82 Å². The molecular weight excluding hydrogens is 785 g/mol. The number of esters is 2. The molecule has 0 heterocycles. The lowest BCUT2D eigenvalue weighted by atomic mass is 9.88. The number of carbonyl (C=O) groups is 3. The molecule has 0 radical (unpaired) electrons. The number of aliphatic hydroxyl groups is 2. The number of Topliss-reactive ketones (excluding diaryl/α,β-unsaturated/α-hetero) is 1. The SMILES string of the molecule is CCCCCCCC/C=C\CCCCCCCCCCCC(=O)O[C@H](COC(=O)CCCCCC[C@H]1[C@@H](O)CC(=O)[C@@H]1/C=C/[C@@H](O)CCCCC)COP(=O)(O)OCCN. The highest BCUT2D eigenvalue weighted by molar-refractivity contribution is 7.47. The second-order valence-electron chi connectivity index (χ2n) is 16.8. The molecule has 0 aromatic rings. The number of hydrogen-bond acceptors (Lipinski definition) is 11. The summed E-state index contributed by atoms with van der Waals surface area (Å²) in [4.78, 5) is 47.7. The highest BCUT2D eigenvalue weighted by atomic mass is 31.2. The van der Waals surface area contributed by atoms with E-state index in [4.69, 9.17) is 24.3 Å². The van der Waals surface area contributed by atoms with Crippen LogP contribution in [0.3, 0.4) is 0 Å². The Morgan fingerprint density at radius 1 is 0.750 bits per heavy atom. The van der Waals surface area contributed by atoms with E-state index < -0.39 is 44.7 Å². The molecule has 0 amide bonds. The minimum atomic E-state index is -4.44. The molecule has 5 N–H and O–H groups in total. The van der Waals surface area contributed by atoms with E-state index in [2.05, 4.69) is 26.0 Å². The van der Waals surface area contributed by atoms with Gasteiger partial charge in [-0.05, 0) is 57.3 Å². The summed E-state index contributed by atoms with van der Waals surface area (Å²) in [7, 11) is -4.44. The van der Waals surface area contributed by atoms with Gasteiger partial charge in [-0.2, -0.15) is 0 Å². The molecule has 1 aliphatic rings. The molecule has 12 nitrogen and oxygen atoms in total. The highest BCUT2D eigenvalue weighted by Gasteiger charge is 2.39. The van der Waals surface area contributed by atoms with Crippen molar-refractivity contribution in [3.05, 3.63) is 24.3 Å². The van der Waals surface area contributed by atoms with Crippen LogP contribution in [0.15, 0.2) is 24.3 Å². The second-order valence-corrected chi connectivity index (χ2v) is 18.2. The van der Waals surface area contributed by atoms with E-state index in [-0.39, 0.29) is 56.6 Å². The minimum absolute atomic E-state index is 0.00541. The predicted molar refractivity (Wildman–Crippen MR) is 239 cm³/mol. The Morgan fingerprint density at radius 2 is 1.28 bits per heavy atom. The van der Waals surface area contributed by atoms with E-state index in [1.54, 1.807) is 12.2 Å². The van der Waals surface area contributed by atoms with Crippen LogP contribution in [0.1, 0.15) is 200 Å². The third-order valence-corrected chi connectivity index (χ3v) is 12.2. The van der Waals surface area contributed by atoms with Gasteiger partial charge in [-0.1, -0.05) is 154 Å². The second kappa shape index (κ2) is 37.6. The van der Waals surface area contributed by atoms with E-state index in [0.29, 0.717) is 25.7 Å². The van der Waals surface area contributed by atoms with Crippen molar-refractivity contribution in [1.29, 1.82) is 0 Å². The lowest BCUT2D eigenvalue weighted by Crippen LogP contribution is -2.29.